The van der Waals surface area contributed by atoms with Crippen LogP contribution in [-0.4, -0.2) is 72.4 Å². The standard InChI is InChI=1S/C14H6F24O/c15-3(9(25,26)27)5(17,1-7(19,20)21)11(31,32)13(35,36)39-14(37,38)12(33,34)6(18,2-8(22,23)24)4(16)10(28,29)30/h3-4H,1-2H2. The molecule has 0 rings (SSSR count). The molecule has 0 aliphatic heterocycles. The lowest BCUT2D eigenvalue weighted by Gasteiger charge is -2.43. The molecule has 39 heavy (non-hydrogen) atoms. The first-order valence-electron chi connectivity index (χ1n) is 8.57. The van der Waals surface area contributed by atoms with Crippen molar-refractivity contribution in [1.82, 2.24) is 0 Å². The fourth-order valence-corrected chi connectivity index (χ4v) is 2.59. The summed E-state index contributed by atoms with van der Waals surface area (Å²) in [5, 5.41) is 0. The Labute approximate surface area is 197 Å². The molecule has 1 nitrogen and oxygen atoms in total. The molecule has 0 aromatic heterocycles. The molecule has 236 valence electrons. The number of alkyl halides is 24. The Morgan fingerprint density at radius 1 is 0.385 bits per heavy atom. The summed E-state index contributed by atoms with van der Waals surface area (Å²) in [5.41, 5.74) is -15.1. The van der Waals surface area contributed by atoms with Crippen LogP contribution in [0.1, 0.15) is 12.8 Å². The first-order valence-corrected chi connectivity index (χ1v) is 8.57. The predicted octanol–water partition coefficient (Wildman–Crippen LogP) is 8.58. The van der Waals surface area contributed by atoms with Crippen LogP contribution in [0.15, 0.2) is 0 Å². The van der Waals surface area contributed by atoms with E-state index in [4.69, 9.17) is 0 Å². The molecule has 0 amide bonds. The Hall–Kier alpha value is -1.72. The molecular weight excluding hydrogens is 640 g/mol. The topological polar surface area (TPSA) is 9.23 Å². The largest absolute Gasteiger partial charge is 0.427 e. The predicted molar refractivity (Wildman–Crippen MR) is 71.8 cm³/mol. The Balaban J connectivity index is 7.06. The highest BCUT2D eigenvalue weighted by atomic mass is 19.4. The van der Waals surface area contributed by atoms with Crippen LogP contribution in [0.25, 0.3) is 0 Å². The summed E-state index contributed by atoms with van der Waals surface area (Å²) in [5.74, 6) is -16.7. The number of ether oxygens (including phenoxy) is 1. The van der Waals surface area contributed by atoms with Crippen molar-refractivity contribution in [3.05, 3.63) is 0 Å². The van der Waals surface area contributed by atoms with Gasteiger partial charge in [-0.05, 0) is 0 Å². The summed E-state index contributed by atoms with van der Waals surface area (Å²) < 4.78 is 313. The molecule has 0 aliphatic rings. The molecule has 0 fully saturated rings. The van der Waals surface area contributed by atoms with Gasteiger partial charge in [-0.2, -0.15) is 87.8 Å². The molecule has 0 aromatic carbocycles. The summed E-state index contributed by atoms with van der Waals surface area (Å²) in [6.07, 6.45) is -67.6. The zero-order valence-electron chi connectivity index (χ0n) is 17.0. The van der Waals surface area contributed by atoms with E-state index in [1.165, 1.54) is 0 Å². The van der Waals surface area contributed by atoms with E-state index in [0.717, 1.165) is 4.74 Å². The molecule has 0 bridgehead atoms. The van der Waals surface area contributed by atoms with E-state index >= 15 is 0 Å². The van der Waals surface area contributed by atoms with Crippen LogP contribution in [0.2, 0.25) is 0 Å². The van der Waals surface area contributed by atoms with Crippen LogP contribution < -0.4 is 0 Å². The number of hydrogen-bond donors (Lipinski definition) is 0. The van der Waals surface area contributed by atoms with Gasteiger partial charge in [0.25, 0.3) is 0 Å². The van der Waals surface area contributed by atoms with Crippen molar-refractivity contribution < 1.29 is 110 Å². The highest BCUT2D eigenvalue weighted by Gasteiger charge is 2.85. The average Bonchev–Trinajstić information content (AvgIpc) is 2.60. The van der Waals surface area contributed by atoms with Crippen LogP contribution in [-0.2, 0) is 4.74 Å². The molecule has 0 aromatic rings. The van der Waals surface area contributed by atoms with Crippen molar-refractivity contribution >= 4 is 0 Å². The van der Waals surface area contributed by atoms with Gasteiger partial charge in [0, 0.05) is 0 Å². The molecule has 0 heterocycles. The van der Waals surface area contributed by atoms with Crippen LogP contribution >= 0.6 is 0 Å². The number of rotatable bonds is 10. The minimum absolute atomic E-state index is 1.15. The first-order chi connectivity index (χ1) is 16.4. The third-order valence-corrected chi connectivity index (χ3v) is 4.33. The first kappa shape index (κ1) is 37.3. The van der Waals surface area contributed by atoms with Gasteiger partial charge in [-0.15, -0.1) is 0 Å². The van der Waals surface area contributed by atoms with Crippen molar-refractivity contribution in [1.29, 1.82) is 0 Å². The third kappa shape index (κ3) is 7.33. The van der Waals surface area contributed by atoms with Crippen molar-refractivity contribution in [3.8, 4) is 0 Å². The van der Waals surface area contributed by atoms with E-state index in [9.17, 15) is 105 Å². The summed E-state index contributed by atoms with van der Waals surface area (Å²) >= 11 is 0. The van der Waals surface area contributed by atoms with Gasteiger partial charge in [0.15, 0.2) is 0 Å². The molecule has 0 saturated carbocycles. The third-order valence-electron chi connectivity index (χ3n) is 4.33. The lowest BCUT2D eigenvalue weighted by atomic mass is 9.86. The van der Waals surface area contributed by atoms with Crippen molar-refractivity contribution in [2.45, 2.75) is 85.3 Å². The molecule has 4 atom stereocenters. The molecule has 0 aliphatic carbocycles. The Morgan fingerprint density at radius 2 is 0.590 bits per heavy atom. The SMILES string of the molecule is FC(C(F)(F)F)C(F)(CC(F)(F)F)C(F)(F)C(F)(F)OC(F)(F)C(F)(F)C(F)(CC(F)(F)F)C(F)C(F)(F)F. The van der Waals surface area contributed by atoms with Crippen LogP contribution in [0.5, 0.6) is 0 Å². The van der Waals surface area contributed by atoms with Crippen LogP contribution in [0, 0.1) is 0 Å². The summed E-state index contributed by atoms with van der Waals surface area (Å²) in [7, 11) is 0. The van der Waals surface area contributed by atoms with Crippen molar-refractivity contribution in [3.63, 3.8) is 0 Å². The van der Waals surface area contributed by atoms with E-state index in [1.54, 1.807) is 0 Å². The van der Waals surface area contributed by atoms with Gasteiger partial charge in [-0.25, -0.2) is 22.3 Å². The maximum absolute atomic E-state index is 14.1. The molecule has 4 unspecified atom stereocenters. The van der Waals surface area contributed by atoms with Gasteiger partial charge in [-0.1, -0.05) is 0 Å². The lowest BCUT2D eigenvalue weighted by molar-refractivity contribution is -0.498. The zero-order valence-corrected chi connectivity index (χ0v) is 17.0. The summed E-state index contributed by atoms with van der Waals surface area (Å²) in [4.78, 5) is 0. The normalized spacial score (nSPS) is 20.3. The highest BCUT2D eigenvalue weighted by molar-refractivity contribution is 5.10. The van der Waals surface area contributed by atoms with Crippen LogP contribution in [0.3, 0.4) is 0 Å². The Bertz CT molecular complexity index is 764. The molecule has 25 heteroatoms. The quantitative estimate of drug-likeness (QED) is 0.216. The lowest BCUT2D eigenvalue weighted by Crippen LogP contribution is -2.70. The van der Waals surface area contributed by atoms with E-state index in [0.29, 0.717) is 0 Å². The van der Waals surface area contributed by atoms with E-state index in [2.05, 4.69) is 0 Å². The Morgan fingerprint density at radius 3 is 0.744 bits per heavy atom. The fraction of sp³-hybridized carbons (Fsp3) is 1.00. The van der Waals surface area contributed by atoms with Gasteiger partial charge in [0.05, 0.1) is 12.8 Å². The second-order valence-corrected chi connectivity index (χ2v) is 7.40. The highest BCUT2D eigenvalue weighted by Crippen LogP contribution is 2.59. The monoisotopic (exact) mass is 646 g/mol. The van der Waals surface area contributed by atoms with Gasteiger partial charge >= 0.3 is 48.8 Å². The maximum Gasteiger partial charge on any atom is 0.427 e. The summed E-state index contributed by atoms with van der Waals surface area (Å²) in [6.45, 7) is 0. The minimum atomic E-state index is -8.38. The van der Waals surface area contributed by atoms with Gasteiger partial charge < -0.3 is 0 Å². The van der Waals surface area contributed by atoms with E-state index in [-0.39, 0.29) is 0 Å². The molecule has 0 saturated heterocycles. The van der Waals surface area contributed by atoms with E-state index < -0.39 is 85.3 Å². The molecule has 0 N–H and O–H groups in total. The fourth-order valence-electron chi connectivity index (χ4n) is 2.59. The van der Waals surface area contributed by atoms with Gasteiger partial charge in [-0.3, -0.25) is 0 Å². The smallest absolute Gasteiger partial charge is 0.245 e. The molecule has 0 spiro atoms. The van der Waals surface area contributed by atoms with Crippen molar-refractivity contribution in [2.24, 2.45) is 0 Å². The molecular formula is C14H6F24O. The van der Waals surface area contributed by atoms with Crippen LogP contribution in [0.4, 0.5) is 105 Å². The second-order valence-electron chi connectivity index (χ2n) is 7.40. The van der Waals surface area contributed by atoms with Crippen molar-refractivity contribution in [2.75, 3.05) is 0 Å². The minimum Gasteiger partial charge on any atom is -0.245 e. The summed E-state index contributed by atoms with van der Waals surface area (Å²) in [6, 6.07) is 0. The van der Waals surface area contributed by atoms with Gasteiger partial charge in [0.2, 0.25) is 23.7 Å². The average molecular weight is 646 g/mol. The molecule has 0 radical (unpaired) electrons. The van der Waals surface area contributed by atoms with Gasteiger partial charge in [0.1, 0.15) is 0 Å². The second kappa shape index (κ2) is 9.98. The number of hydrogen-bond acceptors (Lipinski definition) is 1. The van der Waals surface area contributed by atoms with E-state index in [1.807, 2.05) is 0 Å². The number of halogens is 24. The zero-order chi connectivity index (χ0) is 32.3. The maximum atomic E-state index is 14.1. The Kier molecular flexibility index (Phi) is 9.54.